The van der Waals surface area contributed by atoms with Gasteiger partial charge in [0.25, 0.3) is 5.91 Å². The quantitative estimate of drug-likeness (QED) is 0.568. The molecule has 0 saturated heterocycles. The van der Waals surface area contributed by atoms with Gasteiger partial charge >= 0.3 is 0 Å². The monoisotopic (exact) mass is 379 g/mol. The molecular weight excluding hydrogens is 358 g/mol. The number of rotatable bonds is 7. The Morgan fingerprint density at radius 2 is 1.69 bits per heavy atom. The molecule has 0 atom stereocenters. The zero-order chi connectivity index (χ0) is 18.2. The van der Waals surface area contributed by atoms with Crippen molar-refractivity contribution in [3.8, 4) is 17.2 Å². The Balaban J connectivity index is 0.00000338. The Labute approximate surface area is 158 Å². The SMILES string of the molecule is COc1ccc(/C=N/NC(=O)c2ccc(CN)cc2)c(OC)c1OC.Cl. The van der Waals surface area contributed by atoms with E-state index in [1.165, 1.54) is 20.4 Å². The molecule has 3 N–H and O–H groups in total. The van der Waals surface area contributed by atoms with Gasteiger partial charge in [-0.1, -0.05) is 12.1 Å². The minimum Gasteiger partial charge on any atom is -0.493 e. The maximum Gasteiger partial charge on any atom is 0.271 e. The van der Waals surface area contributed by atoms with Crippen LogP contribution in [0.2, 0.25) is 0 Å². The number of carbonyl (C=O) groups excluding carboxylic acids is 1. The van der Waals surface area contributed by atoms with Crippen molar-refractivity contribution in [2.75, 3.05) is 21.3 Å². The summed E-state index contributed by atoms with van der Waals surface area (Å²) < 4.78 is 15.9. The third-order valence-corrected chi connectivity index (χ3v) is 3.56. The van der Waals surface area contributed by atoms with Gasteiger partial charge in [0.2, 0.25) is 5.75 Å². The molecule has 0 radical (unpaired) electrons. The average Bonchev–Trinajstić information content (AvgIpc) is 2.67. The lowest BCUT2D eigenvalue weighted by molar-refractivity contribution is 0.0955. The summed E-state index contributed by atoms with van der Waals surface area (Å²) in [6.45, 7) is 0.430. The lowest BCUT2D eigenvalue weighted by Crippen LogP contribution is -2.17. The summed E-state index contributed by atoms with van der Waals surface area (Å²) in [5, 5.41) is 3.97. The van der Waals surface area contributed by atoms with Crippen LogP contribution in [-0.2, 0) is 6.54 Å². The van der Waals surface area contributed by atoms with E-state index in [2.05, 4.69) is 10.5 Å². The zero-order valence-electron chi connectivity index (χ0n) is 14.8. The molecular formula is C18H22ClN3O4. The van der Waals surface area contributed by atoms with Gasteiger partial charge < -0.3 is 19.9 Å². The first-order valence-corrected chi connectivity index (χ1v) is 7.56. The van der Waals surface area contributed by atoms with Crippen molar-refractivity contribution < 1.29 is 19.0 Å². The van der Waals surface area contributed by atoms with Gasteiger partial charge in [0.05, 0.1) is 27.5 Å². The minimum atomic E-state index is -0.320. The highest BCUT2D eigenvalue weighted by Crippen LogP contribution is 2.38. The van der Waals surface area contributed by atoms with Crippen molar-refractivity contribution in [2.24, 2.45) is 10.8 Å². The van der Waals surface area contributed by atoms with Gasteiger partial charge in [0, 0.05) is 17.7 Å². The molecule has 2 aromatic rings. The highest BCUT2D eigenvalue weighted by Gasteiger charge is 2.14. The maximum absolute atomic E-state index is 12.1. The van der Waals surface area contributed by atoms with Crippen LogP contribution in [0.4, 0.5) is 0 Å². The topological polar surface area (TPSA) is 95.2 Å². The predicted molar refractivity (Wildman–Crippen MR) is 103 cm³/mol. The van der Waals surface area contributed by atoms with Crippen molar-refractivity contribution in [3.05, 3.63) is 53.1 Å². The molecule has 0 aliphatic carbocycles. The van der Waals surface area contributed by atoms with Crippen LogP contribution in [0.3, 0.4) is 0 Å². The number of methoxy groups -OCH3 is 3. The maximum atomic E-state index is 12.1. The number of benzene rings is 2. The first-order valence-electron chi connectivity index (χ1n) is 7.56. The summed E-state index contributed by atoms with van der Waals surface area (Å²) in [5.74, 6) is 1.14. The second-order valence-electron chi connectivity index (χ2n) is 5.02. The number of hydrogen-bond acceptors (Lipinski definition) is 6. The van der Waals surface area contributed by atoms with Crippen LogP contribution in [0.15, 0.2) is 41.5 Å². The van der Waals surface area contributed by atoms with Crippen LogP contribution in [0, 0.1) is 0 Å². The van der Waals surface area contributed by atoms with E-state index >= 15 is 0 Å². The molecule has 1 amide bonds. The second-order valence-corrected chi connectivity index (χ2v) is 5.02. The van der Waals surface area contributed by atoms with E-state index in [1.54, 1.807) is 43.5 Å². The van der Waals surface area contributed by atoms with Gasteiger partial charge in [0.15, 0.2) is 11.5 Å². The molecule has 0 heterocycles. The summed E-state index contributed by atoms with van der Waals surface area (Å²) in [7, 11) is 4.58. The molecule has 26 heavy (non-hydrogen) atoms. The Hall–Kier alpha value is -2.77. The van der Waals surface area contributed by atoms with Gasteiger partial charge in [-0.15, -0.1) is 12.4 Å². The number of hydrogen-bond donors (Lipinski definition) is 2. The Morgan fingerprint density at radius 3 is 2.23 bits per heavy atom. The number of halogens is 1. The summed E-state index contributed by atoms with van der Waals surface area (Å²) in [4.78, 5) is 12.1. The van der Waals surface area contributed by atoms with Crippen LogP contribution in [-0.4, -0.2) is 33.5 Å². The molecule has 0 unspecified atom stereocenters. The standard InChI is InChI=1S/C18H21N3O4.ClH/c1-23-15-9-8-14(16(24-2)17(15)25-3)11-20-21-18(22)13-6-4-12(10-19)5-7-13;/h4-9,11H,10,19H2,1-3H3,(H,21,22);1H/b20-11+;. The number of ether oxygens (including phenoxy) is 3. The van der Waals surface area contributed by atoms with E-state index in [-0.39, 0.29) is 18.3 Å². The largest absolute Gasteiger partial charge is 0.493 e. The van der Waals surface area contributed by atoms with Crippen LogP contribution in [0.5, 0.6) is 17.2 Å². The van der Waals surface area contributed by atoms with E-state index in [4.69, 9.17) is 19.9 Å². The summed E-state index contributed by atoms with van der Waals surface area (Å²) in [5.41, 5.74) is 10.1. The van der Waals surface area contributed by atoms with Gasteiger partial charge in [-0.25, -0.2) is 5.43 Å². The predicted octanol–water partition coefficient (Wildman–Crippen LogP) is 2.36. The minimum absolute atomic E-state index is 0. The van der Waals surface area contributed by atoms with Crippen LogP contribution in [0.1, 0.15) is 21.5 Å². The zero-order valence-corrected chi connectivity index (χ0v) is 15.6. The molecule has 0 saturated carbocycles. The van der Waals surface area contributed by atoms with Crippen LogP contribution in [0.25, 0.3) is 0 Å². The number of nitrogens with two attached hydrogens (primary N) is 1. The van der Waals surface area contributed by atoms with Crippen molar-refractivity contribution in [1.82, 2.24) is 5.43 Å². The second kappa shape index (κ2) is 10.3. The van der Waals surface area contributed by atoms with Crippen molar-refractivity contribution >= 4 is 24.5 Å². The van der Waals surface area contributed by atoms with Crippen molar-refractivity contribution in [2.45, 2.75) is 6.54 Å². The lowest BCUT2D eigenvalue weighted by Gasteiger charge is -2.13. The van der Waals surface area contributed by atoms with Gasteiger partial charge in [0.1, 0.15) is 0 Å². The number of carbonyl (C=O) groups is 1. The highest BCUT2D eigenvalue weighted by molar-refractivity contribution is 5.95. The third-order valence-electron chi connectivity index (χ3n) is 3.56. The Kier molecular flexibility index (Phi) is 8.41. The molecule has 0 spiro atoms. The summed E-state index contributed by atoms with van der Waals surface area (Å²) in [6, 6.07) is 10.5. The Bertz CT molecular complexity index is 764. The first kappa shape index (κ1) is 21.3. The summed E-state index contributed by atoms with van der Waals surface area (Å²) >= 11 is 0. The number of amides is 1. The number of hydrazone groups is 1. The number of nitrogens with one attached hydrogen (secondary N) is 1. The summed E-state index contributed by atoms with van der Waals surface area (Å²) in [6.07, 6.45) is 1.48. The van der Waals surface area contributed by atoms with Gasteiger partial charge in [-0.05, 0) is 29.8 Å². The fourth-order valence-electron chi connectivity index (χ4n) is 2.24. The van der Waals surface area contributed by atoms with Crippen molar-refractivity contribution in [3.63, 3.8) is 0 Å². The van der Waals surface area contributed by atoms with Crippen LogP contribution < -0.4 is 25.4 Å². The first-order chi connectivity index (χ1) is 12.1. The van der Waals surface area contributed by atoms with Crippen molar-refractivity contribution in [1.29, 1.82) is 0 Å². The molecule has 2 rings (SSSR count). The third kappa shape index (κ3) is 4.87. The van der Waals surface area contributed by atoms with Gasteiger partial charge in [-0.3, -0.25) is 4.79 Å². The van der Waals surface area contributed by atoms with E-state index in [9.17, 15) is 4.79 Å². The van der Waals surface area contributed by atoms with E-state index < -0.39 is 0 Å². The number of nitrogens with zero attached hydrogens (tertiary/aromatic N) is 1. The van der Waals surface area contributed by atoms with Gasteiger partial charge in [-0.2, -0.15) is 5.10 Å². The normalized spacial score (nSPS) is 10.2. The molecule has 0 aromatic heterocycles. The fourth-order valence-corrected chi connectivity index (χ4v) is 2.24. The molecule has 0 fully saturated rings. The Morgan fingerprint density at radius 1 is 1.04 bits per heavy atom. The van der Waals surface area contributed by atoms with E-state index in [0.717, 1.165) is 5.56 Å². The molecule has 0 aliphatic rings. The fraction of sp³-hybridized carbons (Fsp3) is 0.222. The molecule has 0 bridgehead atoms. The molecule has 2 aromatic carbocycles. The highest BCUT2D eigenvalue weighted by atomic mass is 35.5. The van der Waals surface area contributed by atoms with E-state index in [0.29, 0.717) is 34.9 Å². The lowest BCUT2D eigenvalue weighted by atomic mass is 10.1. The average molecular weight is 380 g/mol. The smallest absolute Gasteiger partial charge is 0.271 e. The van der Waals surface area contributed by atoms with Crippen LogP contribution >= 0.6 is 12.4 Å². The molecule has 140 valence electrons. The molecule has 0 aliphatic heterocycles. The molecule has 8 heteroatoms. The molecule has 7 nitrogen and oxygen atoms in total. The van der Waals surface area contributed by atoms with E-state index in [1.807, 2.05) is 0 Å².